The first kappa shape index (κ1) is 22.9. The summed E-state index contributed by atoms with van der Waals surface area (Å²) >= 11 is 0. The van der Waals surface area contributed by atoms with Gasteiger partial charge >= 0.3 is 0 Å². The molecule has 0 aliphatic heterocycles. The summed E-state index contributed by atoms with van der Waals surface area (Å²) in [7, 11) is -1.75. The third kappa shape index (κ3) is 4.93. The van der Waals surface area contributed by atoms with Crippen LogP contribution in [0.2, 0.25) is 0 Å². The molecule has 1 nitrogen and oxygen atoms in total. The topological polar surface area (TPSA) is 17.1 Å². The zero-order valence-electron chi connectivity index (χ0n) is 17.4. The van der Waals surface area contributed by atoms with Gasteiger partial charge in [-0.25, -0.2) is 0 Å². The molecule has 0 bridgehead atoms. The fourth-order valence-corrected chi connectivity index (χ4v) is 9.19. The number of hydrogen-bond donors (Lipinski definition) is 0. The zero-order chi connectivity index (χ0) is 19.9. The summed E-state index contributed by atoms with van der Waals surface area (Å²) in [5, 5.41) is 4.31. The molecular weight excluding hydrogens is 451 g/mol. The van der Waals surface area contributed by atoms with Crippen LogP contribution in [0.15, 0.2) is 91.0 Å². The molecule has 30 heavy (non-hydrogen) atoms. The van der Waals surface area contributed by atoms with Gasteiger partial charge in [0.15, 0.2) is 0 Å². The van der Waals surface area contributed by atoms with E-state index in [1.54, 1.807) is 0 Å². The monoisotopic (exact) mass is 480 g/mol. The molecule has 1 saturated carbocycles. The molecule has 0 N–H and O–H groups in total. The van der Waals surface area contributed by atoms with E-state index in [-0.39, 0.29) is 22.9 Å². The van der Waals surface area contributed by atoms with Crippen molar-refractivity contribution < 1.29 is 21.8 Å². The molecule has 0 saturated heterocycles. The standard InChI is InChI=1S/C27H30OP.BrH/c28-27-21-11-10-13-23(27)14-12-22-29(24-15-4-1-5-16-24,25-17-6-2-7-18-25)26-19-8-3-9-20-26;/h1-9,15-20,23H,10-14,21-22H2;1H/q+1;/p-1. The molecule has 1 aliphatic carbocycles. The number of carbonyl (C=O) groups is 1. The first-order chi connectivity index (χ1) is 14.3. The molecule has 0 radical (unpaired) electrons. The van der Waals surface area contributed by atoms with Gasteiger partial charge in [0, 0.05) is 12.3 Å². The highest BCUT2D eigenvalue weighted by Crippen LogP contribution is 2.56. The Balaban J connectivity index is 0.00000256. The third-order valence-electron chi connectivity index (χ3n) is 6.32. The van der Waals surface area contributed by atoms with Crippen molar-refractivity contribution in [3.8, 4) is 0 Å². The molecule has 0 aromatic heterocycles. The van der Waals surface area contributed by atoms with Gasteiger partial charge in [-0.1, -0.05) is 61.0 Å². The summed E-state index contributed by atoms with van der Waals surface area (Å²) in [5.41, 5.74) is 0. The summed E-state index contributed by atoms with van der Waals surface area (Å²) in [6, 6.07) is 33.2. The van der Waals surface area contributed by atoms with Gasteiger partial charge in [0.05, 0.1) is 6.16 Å². The minimum Gasteiger partial charge on any atom is -1.00 e. The van der Waals surface area contributed by atoms with Gasteiger partial charge in [0.25, 0.3) is 0 Å². The lowest BCUT2D eigenvalue weighted by Gasteiger charge is -2.28. The molecule has 0 spiro atoms. The summed E-state index contributed by atoms with van der Waals surface area (Å²) in [5.74, 6) is 0.785. The van der Waals surface area contributed by atoms with Crippen LogP contribution in [-0.2, 0) is 4.79 Å². The van der Waals surface area contributed by atoms with E-state index >= 15 is 0 Å². The molecule has 1 aliphatic rings. The Kier molecular flexibility index (Phi) is 8.42. The van der Waals surface area contributed by atoms with Crippen LogP contribution in [0.3, 0.4) is 0 Å². The van der Waals surface area contributed by atoms with Gasteiger partial charge in [-0.05, 0) is 62.1 Å². The zero-order valence-corrected chi connectivity index (χ0v) is 19.9. The van der Waals surface area contributed by atoms with Gasteiger partial charge in [-0.3, -0.25) is 4.79 Å². The maximum absolute atomic E-state index is 12.4. The van der Waals surface area contributed by atoms with E-state index in [0.29, 0.717) is 5.78 Å². The minimum atomic E-state index is -1.75. The molecule has 1 atom stereocenters. The highest BCUT2D eigenvalue weighted by molar-refractivity contribution is 7.95. The fourth-order valence-electron chi connectivity index (χ4n) is 4.82. The van der Waals surface area contributed by atoms with Crippen LogP contribution < -0.4 is 32.9 Å². The lowest BCUT2D eigenvalue weighted by atomic mass is 9.85. The number of ketones is 1. The Labute approximate surface area is 192 Å². The number of halogens is 1. The first-order valence-electron chi connectivity index (χ1n) is 10.9. The highest BCUT2D eigenvalue weighted by atomic mass is 79.9. The van der Waals surface area contributed by atoms with Crippen LogP contribution in [0.5, 0.6) is 0 Å². The quantitative estimate of drug-likeness (QED) is 0.475. The van der Waals surface area contributed by atoms with Gasteiger partial charge in [0.2, 0.25) is 0 Å². The van der Waals surface area contributed by atoms with E-state index in [0.717, 1.165) is 38.3 Å². The van der Waals surface area contributed by atoms with E-state index in [2.05, 4.69) is 91.0 Å². The van der Waals surface area contributed by atoms with E-state index in [1.807, 2.05) is 0 Å². The molecule has 0 heterocycles. The van der Waals surface area contributed by atoms with Gasteiger partial charge in [-0.2, -0.15) is 0 Å². The third-order valence-corrected chi connectivity index (χ3v) is 10.8. The van der Waals surface area contributed by atoms with Crippen LogP contribution in [-0.4, -0.2) is 11.9 Å². The smallest absolute Gasteiger partial charge is 0.135 e. The Morgan fingerprint density at radius 1 is 0.700 bits per heavy atom. The number of hydrogen-bond acceptors (Lipinski definition) is 1. The fraction of sp³-hybridized carbons (Fsp3) is 0.296. The van der Waals surface area contributed by atoms with Gasteiger partial charge in [-0.15, -0.1) is 0 Å². The average Bonchev–Trinajstić information content (AvgIpc) is 2.80. The van der Waals surface area contributed by atoms with Crippen LogP contribution in [0.25, 0.3) is 0 Å². The number of benzene rings is 3. The van der Waals surface area contributed by atoms with Crippen LogP contribution in [0.1, 0.15) is 38.5 Å². The maximum Gasteiger partial charge on any atom is 0.135 e. The summed E-state index contributed by atoms with van der Waals surface area (Å²) in [6.45, 7) is 0. The minimum absolute atomic E-state index is 0. The Hall–Kier alpha value is -1.76. The molecule has 3 aromatic rings. The lowest BCUT2D eigenvalue weighted by Crippen LogP contribution is -3.00. The molecule has 156 valence electrons. The van der Waals surface area contributed by atoms with Crippen molar-refractivity contribution in [3.63, 3.8) is 0 Å². The molecular formula is C27H30BrOP. The number of carbonyl (C=O) groups excluding carboxylic acids is 1. The van der Waals surface area contributed by atoms with Gasteiger partial charge in [0.1, 0.15) is 29.0 Å². The Morgan fingerprint density at radius 2 is 1.17 bits per heavy atom. The summed E-state index contributed by atoms with van der Waals surface area (Å²) in [6.07, 6.45) is 7.44. The lowest BCUT2D eigenvalue weighted by molar-refractivity contribution is -0.124. The SMILES string of the molecule is O=C1CCCCC1CCC[P+](c1ccccc1)(c1ccccc1)c1ccccc1.[Br-]. The van der Waals surface area contributed by atoms with Crippen molar-refractivity contribution in [2.24, 2.45) is 5.92 Å². The predicted molar refractivity (Wildman–Crippen MR) is 126 cm³/mol. The summed E-state index contributed by atoms with van der Waals surface area (Å²) < 4.78 is 0. The second kappa shape index (κ2) is 11.0. The van der Waals surface area contributed by atoms with E-state index in [1.165, 1.54) is 22.3 Å². The molecule has 4 rings (SSSR count). The predicted octanol–water partition coefficient (Wildman–Crippen LogP) is 2.52. The molecule has 1 unspecified atom stereocenters. The summed E-state index contributed by atoms with van der Waals surface area (Å²) in [4.78, 5) is 12.4. The number of rotatable bonds is 7. The molecule has 0 amide bonds. The molecule has 3 aromatic carbocycles. The van der Waals surface area contributed by atoms with Crippen LogP contribution in [0.4, 0.5) is 0 Å². The second-order valence-electron chi connectivity index (χ2n) is 8.09. The van der Waals surface area contributed by atoms with Crippen molar-refractivity contribution in [1.29, 1.82) is 0 Å². The van der Waals surface area contributed by atoms with E-state index < -0.39 is 7.26 Å². The first-order valence-corrected chi connectivity index (χ1v) is 12.9. The normalized spacial score (nSPS) is 16.7. The van der Waals surface area contributed by atoms with E-state index in [4.69, 9.17) is 0 Å². The van der Waals surface area contributed by atoms with Crippen molar-refractivity contribution in [2.45, 2.75) is 38.5 Å². The van der Waals surface area contributed by atoms with E-state index in [9.17, 15) is 4.79 Å². The Morgan fingerprint density at radius 3 is 1.60 bits per heavy atom. The molecule has 3 heteroatoms. The van der Waals surface area contributed by atoms with Crippen LogP contribution in [0, 0.1) is 5.92 Å². The van der Waals surface area contributed by atoms with Crippen molar-refractivity contribution in [1.82, 2.24) is 0 Å². The van der Waals surface area contributed by atoms with Crippen molar-refractivity contribution in [3.05, 3.63) is 91.0 Å². The largest absolute Gasteiger partial charge is 1.00 e. The Bertz CT molecular complexity index is 815. The highest BCUT2D eigenvalue weighted by Gasteiger charge is 2.44. The second-order valence-corrected chi connectivity index (χ2v) is 11.7. The average molecular weight is 481 g/mol. The maximum atomic E-state index is 12.4. The van der Waals surface area contributed by atoms with Gasteiger partial charge < -0.3 is 17.0 Å². The molecule has 1 fully saturated rings. The van der Waals surface area contributed by atoms with Crippen molar-refractivity contribution in [2.75, 3.05) is 6.16 Å². The van der Waals surface area contributed by atoms with Crippen LogP contribution >= 0.6 is 7.26 Å². The number of Topliss-reactive ketones (excluding diaryl/α,β-unsaturated/α-hetero) is 1. The van der Waals surface area contributed by atoms with Crippen molar-refractivity contribution >= 4 is 29.0 Å².